The van der Waals surface area contributed by atoms with Crippen LogP contribution in [-0.2, 0) is 11.3 Å². The number of carbonyl (C=O) groups excluding carboxylic acids is 1. The third-order valence-corrected chi connectivity index (χ3v) is 6.11. The van der Waals surface area contributed by atoms with E-state index < -0.39 is 0 Å². The van der Waals surface area contributed by atoms with Crippen molar-refractivity contribution in [3.63, 3.8) is 0 Å². The average molecular weight is 366 g/mol. The zero-order chi connectivity index (χ0) is 19.0. The van der Waals surface area contributed by atoms with E-state index in [1.54, 1.807) is 16.8 Å². The quantitative estimate of drug-likeness (QED) is 0.772. The Hall–Kier alpha value is -2.63. The molecule has 27 heavy (non-hydrogen) atoms. The van der Waals surface area contributed by atoms with Gasteiger partial charge in [0.25, 0.3) is 5.56 Å². The van der Waals surface area contributed by atoms with E-state index in [-0.39, 0.29) is 23.9 Å². The first-order valence-electron chi connectivity index (χ1n) is 9.80. The fourth-order valence-corrected chi connectivity index (χ4v) is 4.27. The molecule has 0 bridgehead atoms. The van der Waals surface area contributed by atoms with Crippen LogP contribution in [0.3, 0.4) is 0 Å². The van der Waals surface area contributed by atoms with Gasteiger partial charge in [0, 0.05) is 31.4 Å². The van der Waals surface area contributed by atoms with Crippen molar-refractivity contribution in [2.24, 2.45) is 11.8 Å². The van der Waals surface area contributed by atoms with Gasteiger partial charge in [-0.2, -0.15) is 0 Å². The second-order valence-electron chi connectivity index (χ2n) is 7.76. The molecule has 3 atom stereocenters. The SMILES string of the molecule is C[C@H]1[C@H](C)CCC[C@H]1NC(=O)CCn1c(=O)c2cccn2c2cccnc21. The molecule has 3 aromatic heterocycles. The Morgan fingerprint density at radius 3 is 2.89 bits per heavy atom. The number of fused-ring (bicyclic) bond motifs is 3. The second-order valence-corrected chi connectivity index (χ2v) is 7.76. The Kier molecular flexibility index (Phi) is 4.72. The van der Waals surface area contributed by atoms with Gasteiger partial charge in [0.05, 0.1) is 5.52 Å². The van der Waals surface area contributed by atoms with Crippen LogP contribution >= 0.6 is 0 Å². The number of rotatable bonds is 4. The zero-order valence-electron chi connectivity index (χ0n) is 15.9. The Balaban J connectivity index is 1.55. The van der Waals surface area contributed by atoms with Crippen LogP contribution in [0.15, 0.2) is 41.5 Å². The smallest absolute Gasteiger partial charge is 0.276 e. The van der Waals surface area contributed by atoms with Crippen molar-refractivity contribution >= 4 is 22.6 Å². The fraction of sp³-hybridized carbons (Fsp3) is 0.476. The van der Waals surface area contributed by atoms with Crippen molar-refractivity contribution in [1.29, 1.82) is 0 Å². The topological polar surface area (TPSA) is 68.4 Å². The third kappa shape index (κ3) is 3.24. The lowest BCUT2D eigenvalue weighted by atomic mass is 9.78. The number of pyridine rings is 1. The molecular weight excluding hydrogens is 340 g/mol. The first-order chi connectivity index (χ1) is 13.1. The maximum atomic E-state index is 12.9. The van der Waals surface area contributed by atoms with Gasteiger partial charge in [-0.25, -0.2) is 4.98 Å². The van der Waals surface area contributed by atoms with E-state index in [2.05, 4.69) is 24.1 Å². The molecule has 4 rings (SSSR count). The molecule has 0 aromatic carbocycles. The van der Waals surface area contributed by atoms with Crippen molar-refractivity contribution in [2.45, 2.75) is 52.1 Å². The Bertz CT molecular complexity index is 1040. The number of hydrogen-bond donors (Lipinski definition) is 1. The van der Waals surface area contributed by atoms with Crippen molar-refractivity contribution in [3.05, 3.63) is 47.0 Å². The van der Waals surface area contributed by atoms with Gasteiger partial charge in [0.15, 0.2) is 5.65 Å². The molecule has 0 radical (unpaired) electrons. The third-order valence-electron chi connectivity index (χ3n) is 6.11. The number of hydrogen-bond acceptors (Lipinski definition) is 3. The molecule has 142 valence electrons. The molecule has 0 unspecified atom stereocenters. The molecule has 1 amide bonds. The molecule has 0 saturated heterocycles. The summed E-state index contributed by atoms with van der Waals surface area (Å²) in [5.41, 5.74) is 1.97. The molecule has 1 aliphatic carbocycles. The molecule has 3 aromatic rings. The second kappa shape index (κ2) is 7.18. The van der Waals surface area contributed by atoms with Crippen LogP contribution in [-0.4, -0.2) is 25.9 Å². The summed E-state index contributed by atoms with van der Waals surface area (Å²) in [6.45, 7) is 4.81. The van der Waals surface area contributed by atoms with Gasteiger partial charge < -0.3 is 9.72 Å². The molecule has 3 heterocycles. The van der Waals surface area contributed by atoms with Crippen molar-refractivity contribution in [3.8, 4) is 0 Å². The molecule has 1 fully saturated rings. The highest BCUT2D eigenvalue weighted by Gasteiger charge is 2.28. The summed E-state index contributed by atoms with van der Waals surface area (Å²) in [6.07, 6.45) is 7.26. The monoisotopic (exact) mass is 366 g/mol. The van der Waals surface area contributed by atoms with E-state index in [9.17, 15) is 9.59 Å². The summed E-state index contributed by atoms with van der Waals surface area (Å²) < 4.78 is 3.48. The van der Waals surface area contributed by atoms with Gasteiger partial charge in [-0.15, -0.1) is 0 Å². The van der Waals surface area contributed by atoms with Gasteiger partial charge >= 0.3 is 0 Å². The fourth-order valence-electron chi connectivity index (χ4n) is 4.27. The van der Waals surface area contributed by atoms with E-state index in [1.807, 2.05) is 28.8 Å². The van der Waals surface area contributed by atoms with E-state index in [1.165, 1.54) is 6.42 Å². The van der Waals surface area contributed by atoms with Crippen LogP contribution in [0, 0.1) is 11.8 Å². The van der Waals surface area contributed by atoms with E-state index in [0.717, 1.165) is 18.4 Å². The summed E-state index contributed by atoms with van der Waals surface area (Å²) in [5, 5.41) is 3.19. The number of aromatic nitrogens is 3. The largest absolute Gasteiger partial charge is 0.353 e. The zero-order valence-corrected chi connectivity index (χ0v) is 15.9. The number of carbonyl (C=O) groups is 1. The minimum Gasteiger partial charge on any atom is -0.353 e. The summed E-state index contributed by atoms with van der Waals surface area (Å²) in [7, 11) is 0. The van der Waals surface area contributed by atoms with E-state index >= 15 is 0 Å². The molecular formula is C21H26N4O2. The van der Waals surface area contributed by atoms with Gasteiger partial charge in [-0.1, -0.05) is 26.7 Å². The van der Waals surface area contributed by atoms with Crippen LogP contribution in [0.4, 0.5) is 0 Å². The average Bonchev–Trinajstić information content (AvgIpc) is 3.16. The Morgan fingerprint density at radius 1 is 1.22 bits per heavy atom. The predicted octanol–water partition coefficient (Wildman–Crippen LogP) is 2.98. The lowest BCUT2D eigenvalue weighted by Crippen LogP contribution is -2.44. The number of amides is 1. The van der Waals surface area contributed by atoms with Crippen LogP contribution in [0.25, 0.3) is 16.7 Å². The Labute approximate surface area is 158 Å². The summed E-state index contributed by atoms with van der Waals surface area (Å²) in [4.78, 5) is 29.8. The molecule has 1 aliphatic rings. The lowest BCUT2D eigenvalue weighted by Gasteiger charge is -2.34. The molecule has 0 aliphatic heterocycles. The van der Waals surface area contributed by atoms with Crippen molar-refractivity contribution < 1.29 is 4.79 Å². The highest BCUT2D eigenvalue weighted by Crippen LogP contribution is 2.29. The standard InChI is InChI=1S/C21H26N4O2/c1-14-6-3-7-16(15(14)2)23-19(26)10-13-25-20-17(8-4-11-22-20)24-12-5-9-18(24)21(25)27/h4-5,8-9,11-12,14-16H,3,6-7,10,13H2,1-2H3,(H,23,26)/t14-,15+,16-/m1/s1. The Morgan fingerprint density at radius 2 is 2.04 bits per heavy atom. The van der Waals surface area contributed by atoms with Crippen LogP contribution in [0.2, 0.25) is 0 Å². The normalized spacial score (nSPS) is 23.0. The molecule has 6 nitrogen and oxygen atoms in total. The van der Waals surface area contributed by atoms with Crippen LogP contribution in [0.5, 0.6) is 0 Å². The molecule has 0 spiro atoms. The molecule has 6 heteroatoms. The van der Waals surface area contributed by atoms with Crippen LogP contribution in [0.1, 0.15) is 39.5 Å². The lowest BCUT2D eigenvalue weighted by molar-refractivity contribution is -0.122. The van der Waals surface area contributed by atoms with Gasteiger partial charge in [-0.3, -0.25) is 14.2 Å². The maximum absolute atomic E-state index is 12.9. The predicted molar refractivity (Wildman–Crippen MR) is 106 cm³/mol. The minimum absolute atomic E-state index is 0.00665. The summed E-state index contributed by atoms with van der Waals surface area (Å²) in [6, 6.07) is 7.69. The molecule has 1 N–H and O–H groups in total. The van der Waals surface area contributed by atoms with E-state index in [0.29, 0.717) is 29.5 Å². The first-order valence-corrected chi connectivity index (χ1v) is 9.80. The van der Waals surface area contributed by atoms with Gasteiger partial charge in [0.2, 0.25) is 5.91 Å². The number of nitrogens with one attached hydrogen (secondary N) is 1. The summed E-state index contributed by atoms with van der Waals surface area (Å²) in [5.74, 6) is 1.13. The van der Waals surface area contributed by atoms with Gasteiger partial charge in [0.1, 0.15) is 5.52 Å². The summed E-state index contributed by atoms with van der Waals surface area (Å²) >= 11 is 0. The minimum atomic E-state index is -0.112. The number of aryl methyl sites for hydroxylation is 1. The van der Waals surface area contributed by atoms with Crippen LogP contribution < -0.4 is 10.9 Å². The highest BCUT2D eigenvalue weighted by molar-refractivity contribution is 5.77. The van der Waals surface area contributed by atoms with Gasteiger partial charge in [-0.05, 0) is 42.5 Å². The van der Waals surface area contributed by atoms with E-state index in [4.69, 9.17) is 0 Å². The molecule has 1 saturated carbocycles. The maximum Gasteiger partial charge on any atom is 0.276 e. The number of nitrogens with zero attached hydrogens (tertiary/aromatic N) is 3. The first kappa shape index (κ1) is 17.8. The highest BCUT2D eigenvalue weighted by atomic mass is 16.2. The van der Waals surface area contributed by atoms with Crippen molar-refractivity contribution in [2.75, 3.05) is 0 Å². The van der Waals surface area contributed by atoms with Crippen molar-refractivity contribution in [1.82, 2.24) is 19.3 Å².